The van der Waals surface area contributed by atoms with Crippen molar-refractivity contribution in [3.63, 3.8) is 0 Å². The van der Waals surface area contributed by atoms with Gasteiger partial charge < -0.3 is 29.9 Å². The number of hydrogen-bond acceptors (Lipinski definition) is 10. The van der Waals surface area contributed by atoms with Crippen molar-refractivity contribution < 1.29 is 23.6 Å². The first-order chi connectivity index (χ1) is 19.2. The molecule has 15 heteroatoms. The molecule has 40 heavy (non-hydrogen) atoms. The van der Waals surface area contributed by atoms with E-state index in [1.54, 1.807) is 18.2 Å². The highest BCUT2D eigenvalue weighted by atomic mass is 16.5. The van der Waals surface area contributed by atoms with Gasteiger partial charge in [-0.3, -0.25) is 14.5 Å². The summed E-state index contributed by atoms with van der Waals surface area (Å²) >= 11 is 0. The molecule has 2 aromatic heterocycles. The number of carbonyl (C=O) groups is 2. The SMILES string of the molecule is [B]C([B])([B])NC(=O)c1cnc(NC(=O)C2CC2)cc1Nc1cccc(-c2noc(CN3CCOCC3)n2)c1OC. The van der Waals surface area contributed by atoms with Crippen molar-refractivity contribution in [2.24, 2.45) is 5.92 Å². The van der Waals surface area contributed by atoms with Gasteiger partial charge in [-0.2, -0.15) is 4.98 Å². The van der Waals surface area contributed by atoms with Crippen LogP contribution in [0.4, 0.5) is 17.2 Å². The normalized spacial score (nSPS) is 15.8. The van der Waals surface area contributed by atoms with Gasteiger partial charge in [-0.05, 0) is 25.0 Å². The number of pyridine rings is 1. The van der Waals surface area contributed by atoms with Gasteiger partial charge in [0, 0.05) is 31.3 Å². The van der Waals surface area contributed by atoms with Gasteiger partial charge in [0.2, 0.25) is 17.6 Å². The van der Waals surface area contributed by atoms with Crippen LogP contribution < -0.4 is 20.7 Å². The molecule has 1 saturated heterocycles. The van der Waals surface area contributed by atoms with Crippen molar-refractivity contribution >= 4 is 52.5 Å². The molecule has 200 valence electrons. The Balaban J connectivity index is 1.44. The molecule has 0 spiro atoms. The topological polar surface area (TPSA) is 144 Å². The first-order valence-electron chi connectivity index (χ1n) is 12.8. The van der Waals surface area contributed by atoms with Crippen LogP contribution in [0.1, 0.15) is 29.1 Å². The summed E-state index contributed by atoms with van der Waals surface area (Å²) < 4.78 is 16.6. The van der Waals surface area contributed by atoms with E-state index < -0.39 is 11.1 Å². The molecule has 0 unspecified atom stereocenters. The van der Waals surface area contributed by atoms with Gasteiger partial charge in [0.25, 0.3) is 5.91 Å². The summed E-state index contributed by atoms with van der Waals surface area (Å²) in [6, 6.07) is 6.85. The number of para-hydroxylation sites is 1. The Morgan fingerprint density at radius 3 is 2.65 bits per heavy atom. The first kappa shape index (κ1) is 27.7. The number of nitrogens with zero attached hydrogens (tertiary/aromatic N) is 4. The average molecular weight is 537 g/mol. The molecular weight excluding hydrogens is 511 g/mol. The number of rotatable bonds is 10. The van der Waals surface area contributed by atoms with Crippen LogP contribution in [0.3, 0.4) is 0 Å². The molecule has 12 nitrogen and oxygen atoms in total. The zero-order chi connectivity index (χ0) is 28.3. The van der Waals surface area contributed by atoms with Gasteiger partial charge in [0.05, 0.1) is 72.9 Å². The second kappa shape index (κ2) is 11.7. The van der Waals surface area contributed by atoms with Crippen molar-refractivity contribution in [1.82, 2.24) is 25.3 Å². The summed E-state index contributed by atoms with van der Waals surface area (Å²) in [6.07, 6.45) is 2.95. The van der Waals surface area contributed by atoms with Crippen LogP contribution in [0.2, 0.25) is 0 Å². The first-order valence-corrected chi connectivity index (χ1v) is 12.8. The largest absolute Gasteiger partial charge is 0.494 e. The van der Waals surface area contributed by atoms with Crippen LogP contribution in [0.5, 0.6) is 5.75 Å². The lowest BCUT2D eigenvalue weighted by Gasteiger charge is -2.24. The summed E-state index contributed by atoms with van der Waals surface area (Å²) in [7, 11) is 18.2. The zero-order valence-corrected chi connectivity index (χ0v) is 22.0. The second-order valence-corrected chi connectivity index (χ2v) is 9.68. The van der Waals surface area contributed by atoms with E-state index in [1.807, 2.05) is 0 Å². The maximum Gasteiger partial charge on any atom is 0.253 e. The number of aromatic nitrogens is 3. The molecule has 1 aliphatic carbocycles. The fourth-order valence-electron chi connectivity index (χ4n) is 4.20. The average Bonchev–Trinajstić information content (AvgIpc) is 3.67. The Morgan fingerprint density at radius 1 is 1.18 bits per heavy atom. The predicted molar refractivity (Wildman–Crippen MR) is 149 cm³/mol. The molecule has 2 aliphatic rings. The van der Waals surface area contributed by atoms with Crippen LogP contribution in [-0.2, 0) is 16.1 Å². The molecule has 3 N–H and O–H groups in total. The highest BCUT2D eigenvalue weighted by Gasteiger charge is 2.30. The number of ether oxygens (including phenoxy) is 2. The number of benzene rings is 1. The monoisotopic (exact) mass is 537 g/mol. The number of carbonyl (C=O) groups excluding carboxylic acids is 2. The Hall–Kier alpha value is -3.84. The highest BCUT2D eigenvalue weighted by Crippen LogP contribution is 2.38. The standard InChI is InChI=1S/C25H26B3N7O5/c1-38-21-15(22-32-20(40-34-22)13-35-7-9-39-10-8-35)3-2-4-17(21)30-18-11-19(31-23(36)14-5-6-14)29-12-16(18)24(37)33-25(26,27)28/h2-4,11-12,14H,5-10,13H2,1H3,(H,33,37)(H2,29,30,31,36). The third kappa shape index (κ3) is 6.83. The lowest BCUT2D eigenvalue weighted by atomic mass is 9.49. The highest BCUT2D eigenvalue weighted by molar-refractivity contribution is 6.60. The molecular formula is C25H26B3N7O5. The zero-order valence-electron chi connectivity index (χ0n) is 22.0. The van der Waals surface area contributed by atoms with Crippen LogP contribution in [0.15, 0.2) is 35.0 Å². The van der Waals surface area contributed by atoms with Gasteiger partial charge in [-0.1, -0.05) is 16.5 Å². The summed E-state index contributed by atoms with van der Waals surface area (Å²) in [6.45, 7) is 3.39. The van der Waals surface area contributed by atoms with Crippen molar-refractivity contribution in [3.05, 3.63) is 41.9 Å². The minimum Gasteiger partial charge on any atom is -0.494 e. The Kier molecular flexibility index (Phi) is 8.13. The minimum atomic E-state index is -1.96. The fraction of sp³-hybridized carbons (Fsp3) is 0.400. The molecule has 2 fully saturated rings. The summed E-state index contributed by atoms with van der Waals surface area (Å²) in [5, 5.41) is 10.5. The molecule has 1 saturated carbocycles. The van der Waals surface area contributed by atoms with Crippen LogP contribution >= 0.6 is 0 Å². The van der Waals surface area contributed by atoms with Gasteiger partial charge >= 0.3 is 0 Å². The van der Waals surface area contributed by atoms with Crippen molar-refractivity contribution in [2.45, 2.75) is 24.6 Å². The molecule has 1 aliphatic heterocycles. The van der Waals surface area contributed by atoms with Crippen molar-refractivity contribution in [2.75, 3.05) is 44.0 Å². The van der Waals surface area contributed by atoms with Crippen molar-refractivity contribution in [1.29, 1.82) is 0 Å². The smallest absolute Gasteiger partial charge is 0.253 e. The fourth-order valence-corrected chi connectivity index (χ4v) is 4.20. The number of amides is 2. The number of methoxy groups -OCH3 is 1. The number of hydrogen-bond donors (Lipinski definition) is 3. The van der Waals surface area contributed by atoms with E-state index in [0.717, 1.165) is 25.9 Å². The van der Waals surface area contributed by atoms with Gasteiger partial charge in [-0.15, -0.1) is 0 Å². The Bertz CT molecular complexity index is 1390. The molecule has 6 radical (unpaired) electrons. The minimum absolute atomic E-state index is 0.0339. The lowest BCUT2D eigenvalue weighted by molar-refractivity contribution is -0.117. The molecule has 3 heterocycles. The molecule has 0 bridgehead atoms. The van der Waals surface area contributed by atoms with E-state index in [1.165, 1.54) is 19.4 Å². The third-order valence-corrected chi connectivity index (χ3v) is 6.34. The Morgan fingerprint density at radius 2 is 1.95 bits per heavy atom. The number of anilines is 3. The summed E-state index contributed by atoms with van der Waals surface area (Å²) in [4.78, 5) is 36.2. The van der Waals surface area contributed by atoms with E-state index in [4.69, 9.17) is 37.5 Å². The van der Waals surface area contributed by atoms with Crippen LogP contribution in [0.25, 0.3) is 11.4 Å². The maximum absolute atomic E-state index is 12.9. The quantitative estimate of drug-likeness (QED) is 0.320. The van der Waals surface area contributed by atoms with Crippen LogP contribution in [-0.4, -0.2) is 94.0 Å². The maximum atomic E-state index is 12.9. The van der Waals surface area contributed by atoms with E-state index in [2.05, 4.69) is 36.0 Å². The number of morpholine rings is 1. The Labute approximate surface area is 235 Å². The van der Waals surface area contributed by atoms with E-state index in [9.17, 15) is 9.59 Å². The van der Waals surface area contributed by atoms with E-state index >= 15 is 0 Å². The lowest BCUT2D eigenvalue weighted by Crippen LogP contribution is -2.50. The summed E-state index contributed by atoms with van der Waals surface area (Å²) in [5.41, 5.74) is 1.42. The molecule has 0 atom stereocenters. The van der Waals surface area contributed by atoms with Gasteiger partial charge in [0.15, 0.2) is 5.75 Å². The molecule has 1 aromatic carbocycles. The summed E-state index contributed by atoms with van der Waals surface area (Å²) in [5.74, 6) is 0.626. The molecule has 2 amide bonds. The van der Waals surface area contributed by atoms with E-state index in [0.29, 0.717) is 54.2 Å². The third-order valence-electron chi connectivity index (χ3n) is 6.34. The van der Waals surface area contributed by atoms with Gasteiger partial charge in [-0.25, -0.2) is 4.98 Å². The van der Waals surface area contributed by atoms with E-state index in [-0.39, 0.29) is 23.2 Å². The predicted octanol–water partition coefficient (Wildman–Crippen LogP) is 0.911. The van der Waals surface area contributed by atoms with Crippen molar-refractivity contribution in [3.8, 4) is 17.1 Å². The second-order valence-electron chi connectivity index (χ2n) is 9.68. The van der Waals surface area contributed by atoms with Gasteiger partial charge in [0.1, 0.15) is 5.82 Å². The molecule has 5 rings (SSSR count). The number of nitrogens with one attached hydrogen (secondary N) is 3. The molecule has 3 aromatic rings. The van der Waals surface area contributed by atoms with Crippen LogP contribution in [0, 0.1) is 5.92 Å².